The second-order valence-corrected chi connectivity index (χ2v) is 9.16. The van der Waals surface area contributed by atoms with E-state index in [1.54, 1.807) is 6.07 Å². The number of likely N-dealkylation sites (N-methyl/N-ethyl adjacent to an activating group) is 1. The van der Waals surface area contributed by atoms with Crippen LogP contribution in [-0.4, -0.2) is 64.6 Å². The van der Waals surface area contributed by atoms with Gasteiger partial charge in [-0.15, -0.1) is 0 Å². The first-order valence-corrected chi connectivity index (χ1v) is 11.8. The number of piperidine rings is 1. The summed E-state index contributed by atoms with van der Waals surface area (Å²) in [6, 6.07) is 9.34. The molecule has 2 aliphatic rings. The van der Waals surface area contributed by atoms with Crippen LogP contribution in [0.3, 0.4) is 0 Å². The maximum atomic E-state index is 13.8. The number of carbonyl (C=O) groups excluding carboxylic acids is 2. The number of carbonyl (C=O) groups is 2. The quantitative estimate of drug-likeness (QED) is 0.552. The number of benzene rings is 1. The molecule has 0 saturated carbocycles. The van der Waals surface area contributed by atoms with E-state index in [-0.39, 0.29) is 24.5 Å². The van der Waals surface area contributed by atoms with Gasteiger partial charge in [-0.05, 0) is 45.2 Å². The smallest absolute Gasteiger partial charge is 0.258 e. The first-order valence-electron chi connectivity index (χ1n) is 11.8. The van der Waals surface area contributed by atoms with Crippen LogP contribution in [0.2, 0.25) is 0 Å². The fourth-order valence-corrected chi connectivity index (χ4v) is 4.78. The van der Waals surface area contributed by atoms with Gasteiger partial charge in [-0.2, -0.15) is 9.61 Å². The zero-order valence-electron chi connectivity index (χ0n) is 19.9. The normalized spacial score (nSPS) is 19.6. The molecule has 9 nitrogen and oxygen atoms in total. The fourth-order valence-electron chi connectivity index (χ4n) is 4.78. The number of anilines is 1. The van der Waals surface area contributed by atoms with Gasteiger partial charge >= 0.3 is 0 Å². The van der Waals surface area contributed by atoms with E-state index >= 15 is 0 Å². The molecule has 3 aromatic rings. The Morgan fingerprint density at radius 2 is 1.94 bits per heavy atom. The summed E-state index contributed by atoms with van der Waals surface area (Å²) in [4.78, 5) is 34.9. The van der Waals surface area contributed by atoms with Gasteiger partial charge < -0.3 is 19.9 Å². The summed E-state index contributed by atoms with van der Waals surface area (Å²) in [5, 5.41) is 7.82. The monoisotopic (exact) mass is 462 g/mol. The Morgan fingerprint density at radius 1 is 1.09 bits per heavy atom. The van der Waals surface area contributed by atoms with E-state index in [0.29, 0.717) is 30.9 Å². The van der Waals surface area contributed by atoms with Crippen LogP contribution in [0.5, 0.6) is 5.75 Å². The van der Waals surface area contributed by atoms with Crippen LogP contribution in [0.4, 0.5) is 5.82 Å². The molecule has 1 unspecified atom stereocenters. The maximum absolute atomic E-state index is 13.8. The summed E-state index contributed by atoms with van der Waals surface area (Å²) in [6.45, 7) is 5.46. The first-order chi connectivity index (χ1) is 16.4. The minimum Gasteiger partial charge on any atom is -0.483 e. The third kappa shape index (κ3) is 4.18. The van der Waals surface area contributed by atoms with E-state index < -0.39 is 0 Å². The van der Waals surface area contributed by atoms with Crippen LogP contribution in [0.15, 0.2) is 30.3 Å². The number of fused-ring (bicyclic) bond motifs is 4. The number of ether oxygens (including phenoxy) is 1. The number of nitrogens with one attached hydrogen (secondary N) is 1. The van der Waals surface area contributed by atoms with Crippen LogP contribution in [0.1, 0.15) is 52.6 Å². The van der Waals surface area contributed by atoms with E-state index in [4.69, 9.17) is 9.84 Å². The van der Waals surface area contributed by atoms with Gasteiger partial charge in [-0.1, -0.05) is 11.6 Å². The first kappa shape index (κ1) is 22.2. The molecule has 2 amide bonds. The molecule has 0 aliphatic carbocycles. The summed E-state index contributed by atoms with van der Waals surface area (Å²) < 4.78 is 7.67. The van der Waals surface area contributed by atoms with Gasteiger partial charge in [0.05, 0.1) is 17.3 Å². The summed E-state index contributed by atoms with van der Waals surface area (Å²) in [6.07, 6.45) is 2.80. The van der Waals surface area contributed by atoms with Gasteiger partial charge in [0.25, 0.3) is 11.8 Å². The molecule has 0 radical (unpaired) electrons. The molecule has 34 heavy (non-hydrogen) atoms. The highest BCUT2D eigenvalue weighted by Crippen LogP contribution is 2.34. The summed E-state index contributed by atoms with van der Waals surface area (Å²) >= 11 is 0. The molecule has 1 saturated heterocycles. The molecule has 2 aliphatic heterocycles. The molecule has 178 valence electrons. The van der Waals surface area contributed by atoms with Gasteiger partial charge in [0.15, 0.2) is 12.3 Å². The number of hydrogen-bond acceptors (Lipinski definition) is 6. The minimum atomic E-state index is -0.229. The molecule has 1 N–H and O–H groups in total. The summed E-state index contributed by atoms with van der Waals surface area (Å²) in [5.41, 5.74) is 3.92. The van der Waals surface area contributed by atoms with Crippen molar-refractivity contribution in [1.29, 1.82) is 0 Å². The molecule has 2 bridgehead atoms. The van der Waals surface area contributed by atoms with Crippen molar-refractivity contribution in [3.63, 3.8) is 0 Å². The lowest BCUT2D eigenvalue weighted by atomic mass is 9.97. The Balaban J connectivity index is 1.63. The lowest BCUT2D eigenvalue weighted by Gasteiger charge is -2.35. The lowest BCUT2D eigenvalue weighted by Crippen LogP contribution is -2.39. The van der Waals surface area contributed by atoms with Crippen molar-refractivity contribution in [1.82, 2.24) is 24.8 Å². The molecule has 0 spiro atoms. The predicted molar refractivity (Wildman–Crippen MR) is 128 cm³/mol. The second-order valence-electron chi connectivity index (χ2n) is 9.16. The molecular formula is C25H30N6O3. The van der Waals surface area contributed by atoms with Crippen LogP contribution in [-0.2, 0) is 4.79 Å². The zero-order valence-corrected chi connectivity index (χ0v) is 19.9. The molecular weight excluding hydrogens is 432 g/mol. The van der Waals surface area contributed by atoms with E-state index in [9.17, 15) is 9.59 Å². The fraction of sp³-hybridized carbons (Fsp3) is 0.440. The highest BCUT2D eigenvalue weighted by molar-refractivity contribution is 5.97. The highest BCUT2D eigenvalue weighted by atomic mass is 16.5. The average molecular weight is 463 g/mol. The van der Waals surface area contributed by atoms with E-state index in [0.717, 1.165) is 47.7 Å². The van der Waals surface area contributed by atoms with Crippen LogP contribution >= 0.6 is 0 Å². The SMILES string of the molecule is Cc1ccc2c(c1)C(=O)N1CCCCC1c1cc3nc(C)cc(n3n1)N(C)CCNC(=O)CO2. The number of aromatic nitrogens is 3. The van der Waals surface area contributed by atoms with Crippen LogP contribution < -0.4 is 15.0 Å². The van der Waals surface area contributed by atoms with Crippen molar-refractivity contribution in [2.24, 2.45) is 0 Å². The van der Waals surface area contributed by atoms with Crippen molar-refractivity contribution < 1.29 is 14.3 Å². The molecule has 1 fully saturated rings. The van der Waals surface area contributed by atoms with Crippen molar-refractivity contribution in [2.45, 2.75) is 39.2 Å². The Morgan fingerprint density at radius 3 is 2.79 bits per heavy atom. The Kier molecular flexibility index (Phi) is 5.85. The van der Waals surface area contributed by atoms with Gasteiger partial charge in [0.2, 0.25) is 0 Å². The summed E-state index contributed by atoms with van der Waals surface area (Å²) in [7, 11) is 1.97. The van der Waals surface area contributed by atoms with Crippen LogP contribution in [0, 0.1) is 13.8 Å². The molecule has 1 atom stereocenters. The van der Waals surface area contributed by atoms with Crippen molar-refractivity contribution in [3.8, 4) is 5.75 Å². The molecule has 5 rings (SSSR count). The van der Waals surface area contributed by atoms with Gasteiger partial charge in [0.1, 0.15) is 11.6 Å². The summed E-state index contributed by atoms with van der Waals surface area (Å²) in [5.74, 6) is 0.983. The Labute approximate surface area is 198 Å². The Bertz CT molecular complexity index is 1250. The Hall–Kier alpha value is -3.62. The number of aryl methyl sites for hydroxylation is 2. The standard InChI is InChI=1S/C25H30N6O3/c1-16-7-8-21-18(12-16)25(33)30-10-5-4-6-20(30)19-14-22-27-17(2)13-24(31(22)28-19)29(3)11-9-26-23(32)15-34-21/h7-8,12-14,20H,4-6,9-11,15H2,1-3H3,(H,26,32). The third-order valence-electron chi connectivity index (χ3n) is 6.55. The number of rotatable bonds is 0. The predicted octanol–water partition coefficient (Wildman–Crippen LogP) is 2.66. The van der Waals surface area contributed by atoms with E-state index in [1.165, 1.54) is 0 Å². The third-order valence-corrected chi connectivity index (χ3v) is 6.55. The zero-order chi connectivity index (χ0) is 23.8. The van der Waals surface area contributed by atoms with E-state index in [2.05, 4.69) is 10.3 Å². The van der Waals surface area contributed by atoms with Crippen LogP contribution in [0.25, 0.3) is 5.65 Å². The lowest BCUT2D eigenvalue weighted by molar-refractivity contribution is -0.123. The van der Waals surface area contributed by atoms with Gasteiger partial charge in [-0.3, -0.25) is 9.59 Å². The molecule has 1 aromatic carbocycles. The van der Waals surface area contributed by atoms with Crippen molar-refractivity contribution in [2.75, 3.05) is 38.2 Å². The number of amides is 2. The minimum absolute atomic E-state index is 0.102. The molecule has 4 heterocycles. The topological polar surface area (TPSA) is 92.1 Å². The maximum Gasteiger partial charge on any atom is 0.258 e. The number of nitrogens with zero attached hydrogens (tertiary/aromatic N) is 5. The molecule has 2 aromatic heterocycles. The van der Waals surface area contributed by atoms with Crippen molar-refractivity contribution >= 4 is 23.3 Å². The molecule has 9 heteroatoms. The average Bonchev–Trinajstić information content (AvgIpc) is 3.25. The largest absolute Gasteiger partial charge is 0.483 e. The highest BCUT2D eigenvalue weighted by Gasteiger charge is 2.32. The van der Waals surface area contributed by atoms with Gasteiger partial charge in [-0.25, -0.2) is 4.98 Å². The van der Waals surface area contributed by atoms with Crippen molar-refractivity contribution in [3.05, 3.63) is 52.8 Å². The van der Waals surface area contributed by atoms with E-state index in [1.807, 2.05) is 59.5 Å². The number of hydrogen-bond donors (Lipinski definition) is 1. The second kappa shape index (κ2) is 8.96. The van der Waals surface area contributed by atoms with Gasteiger partial charge in [0, 0.05) is 44.5 Å².